The fourth-order valence-electron chi connectivity index (χ4n) is 4.97. The van der Waals surface area contributed by atoms with Crippen molar-refractivity contribution >= 4 is 33.3 Å². The first-order chi connectivity index (χ1) is 14.1. The van der Waals surface area contributed by atoms with Gasteiger partial charge in [-0.25, -0.2) is 9.97 Å². The maximum absolute atomic E-state index is 11.7. The van der Waals surface area contributed by atoms with E-state index in [9.17, 15) is 4.79 Å². The van der Waals surface area contributed by atoms with Gasteiger partial charge >= 0.3 is 0 Å². The molecule has 0 bridgehead atoms. The normalized spacial score (nSPS) is 21.2. The van der Waals surface area contributed by atoms with Gasteiger partial charge in [-0.3, -0.25) is 9.69 Å². The molecule has 0 atom stereocenters. The van der Waals surface area contributed by atoms with Crippen LogP contribution in [0.15, 0.2) is 0 Å². The molecule has 2 fully saturated rings. The van der Waals surface area contributed by atoms with Gasteiger partial charge < -0.3 is 9.80 Å². The molecule has 0 aromatic carbocycles. The van der Waals surface area contributed by atoms with Crippen molar-refractivity contribution < 1.29 is 4.79 Å². The molecule has 2 aromatic rings. The summed E-state index contributed by atoms with van der Waals surface area (Å²) in [6.07, 6.45) is 6.14. The summed E-state index contributed by atoms with van der Waals surface area (Å²) in [5.41, 5.74) is 1.49. The molecule has 0 saturated carbocycles. The van der Waals surface area contributed by atoms with Gasteiger partial charge in [0.2, 0.25) is 5.91 Å². The molecule has 1 aliphatic carbocycles. The Kier molecular flexibility index (Phi) is 5.20. The molecule has 5 rings (SSSR count). The van der Waals surface area contributed by atoms with Crippen molar-refractivity contribution in [1.82, 2.24) is 19.8 Å². The number of aryl methyl sites for hydroxylation is 2. The van der Waals surface area contributed by atoms with Crippen LogP contribution in [0.5, 0.6) is 0 Å². The Morgan fingerprint density at radius 2 is 1.83 bits per heavy atom. The van der Waals surface area contributed by atoms with Crippen LogP contribution in [0.3, 0.4) is 0 Å². The minimum Gasteiger partial charge on any atom is -0.352 e. The van der Waals surface area contributed by atoms with Gasteiger partial charge in [-0.2, -0.15) is 0 Å². The van der Waals surface area contributed by atoms with E-state index in [0.29, 0.717) is 0 Å². The molecule has 6 nitrogen and oxygen atoms in total. The van der Waals surface area contributed by atoms with E-state index in [0.717, 1.165) is 69.8 Å². The number of nitrogens with zero attached hydrogens (tertiary/aromatic N) is 5. The third-order valence-corrected chi connectivity index (χ3v) is 8.04. The highest BCUT2D eigenvalue weighted by Gasteiger charge is 2.28. The number of carbonyl (C=O) groups excluding carboxylic acids is 1. The quantitative estimate of drug-likeness (QED) is 0.774. The molecule has 2 aliphatic heterocycles. The minimum atomic E-state index is 0.175. The van der Waals surface area contributed by atoms with Crippen molar-refractivity contribution in [2.45, 2.75) is 52.5 Å². The van der Waals surface area contributed by atoms with Gasteiger partial charge in [0.15, 0.2) is 0 Å². The Morgan fingerprint density at radius 1 is 1.07 bits per heavy atom. The third-order valence-electron chi connectivity index (χ3n) is 6.86. The molecule has 156 valence electrons. The summed E-state index contributed by atoms with van der Waals surface area (Å²) in [5.74, 6) is 3.10. The number of amides is 1. The predicted molar refractivity (Wildman–Crippen MR) is 118 cm³/mol. The minimum absolute atomic E-state index is 0.175. The first-order valence-corrected chi connectivity index (χ1v) is 11.9. The van der Waals surface area contributed by atoms with Crippen molar-refractivity contribution in [1.29, 1.82) is 0 Å². The SMILES string of the molecule is CC(=O)N1CCN(c2nc(CN3CCC(C)CC3)nc3sc4c(c23)CCC4)CC1. The lowest BCUT2D eigenvalue weighted by Gasteiger charge is -2.35. The number of rotatable bonds is 3. The summed E-state index contributed by atoms with van der Waals surface area (Å²) in [4.78, 5) is 31.5. The van der Waals surface area contributed by atoms with Crippen LogP contribution in [0.25, 0.3) is 10.2 Å². The molecule has 0 spiro atoms. The largest absolute Gasteiger partial charge is 0.352 e. The van der Waals surface area contributed by atoms with Crippen molar-refractivity contribution in [3.8, 4) is 0 Å². The number of likely N-dealkylation sites (tertiary alicyclic amines) is 1. The molecule has 4 heterocycles. The van der Waals surface area contributed by atoms with Crippen LogP contribution in [0.4, 0.5) is 5.82 Å². The van der Waals surface area contributed by atoms with E-state index in [1.807, 2.05) is 16.2 Å². The van der Waals surface area contributed by atoms with E-state index in [1.165, 1.54) is 46.3 Å². The van der Waals surface area contributed by atoms with E-state index in [4.69, 9.17) is 9.97 Å². The highest BCUT2D eigenvalue weighted by molar-refractivity contribution is 7.19. The van der Waals surface area contributed by atoms with Crippen molar-refractivity contribution in [2.24, 2.45) is 5.92 Å². The van der Waals surface area contributed by atoms with E-state index >= 15 is 0 Å². The Labute approximate surface area is 176 Å². The molecule has 7 heteroatoms. The number of fused-ring (bicyclic) bond motifs is 3. The van der Waals surface area contributed by atoms with Gasteiger partial charge in [0.05, 0.1) is 11.9 Å². The molecule has 29 heavy (non-hydrogen) atoms. The second kappa shape index (κ2) is 7.84. The lowest BCUT2D eigenvalue weighted by atomic mass is 9.99. The lowest BCUT2D eigenvalue weighted by molar-refractivity contribution is -0.129. The van der Waals surface area contributed by atoms with Gasteiger partial charge in [-0.1, -0.05) is 6.92 Å². The summed E-state index contributed by atoms with van der Waals surface area (Å²) >= 11 is 1.89. The first kappa shape index (κ1) is 19.2. The molecule has 2 saturated heterocycles. The summed E-state index contributed by atoms with van der Waals surface area (Å²) < 4.78 is 0. The number of anilines is 1. The topological polar surface area (TPSA) is 52.6 Å². The smallest absolute Gasteiger partial charge is 0.219 e. The second-order valence-corrected chi connectivity index (χ2v) is 10.0. The summed E-state index contributed by atoms with van der Waals surface area (Å²) in [6.45, 7) is 10.5. The Bertz CT molecular complexity index is 910. The van der Waals surface area contributed by atoms with Crippen LogP contribution in [0.2, 0.25) is 0 Å². The Hall–Kier alpha value is -1.73. The number of thiophene rings is 1. The lowest BCUT2D eigenvalue weighted by Crippen LogP contribution is -2.48. The standard InChI is InChI=1S/C22H31N5OS/c1-15-6-8-25(9-7-15)14-19-23-21(27-12-10-26(11-13-27)16(2)28)20-17-4-3-5-18(17)29-22(20)24-19/h15H,3-14H2,1-2H3. The van der Waals surface area contributed by atoms with E-state index in [-0.39, 0.29) is 5.91 Å². The van der Waals surface area contributed by atoms with Crippen molar-refractivity contribution in [3.05, 3.63) is 16.3 Å². The molecule has 0 N–H and O–H groups in total. The van der Waals surface area contributed by atoms with E-state index in [2.05, 4.69) is 16.7 Å². The van der Waals surface area contributed by atoms with Crippen LogP contribution >= 0.6 is 11.3 Å². The molecule has 0 radical (unpaired) electrons. The fourth-order valence-corrected chi connectivity index (χ4v) is 6.25. The predicted octanol–water partition coefficient (Wildman–Crippen LogP) is 3.08. The van der Waals surface area contributed by atoms with Crippen LogP contribution in [-0.4, -0.2) is 64.9 Å². The second-order valence-electron chi connectivity index (χ2n) is 8.95. The number of piperidine rings is 1. The zero-order valence-electron chi connectivity index (χ0n) is 17.6. The zero-order valence-corrected chi connectivity index (χ0v) is 18.4. The fraction of sp³-hybridized carbons (Fsp3) is 0.682. The molecular formula is C22H31N5OS. The van der Waals surface area contributed by atoms with Crippen molar-refractivity contribution in [3.63, 3.8) is 0 Å². The molecule has 2 aromatic heterocycles. The van der Waals surface area contributed by atoms with Crippen molar-refractivity contribution in [2.75, 3.05) is 44.2 Å². The van der Waals surface area contributed by atoms with Gasteiger partial charge in [-0.05, 0) is 56.7 Å². The highest BCUT2D eigenvalue weighted by atomic mass is 32.1. The Morgan fingerprint density at radius 3 is 2.55 bits per heavy atom. The average molecular weight is 414 g/mol. The van der Waals surface area contributed by atoms with Crippen LogP contribution < -0.4 is 4.90 Å². The molecular weight excluding hydrogens is 382 g/mol. The summed E-state index contributed by atoms with van der Waals surface area (Å²) in [5, 5.41) is 1.30. The maximum atomic E-state index is 11.7. The molecule has 3 aliphatic rings. The number of aromatic nitrogens is 2. The summed E-state index contributed by atoms with van der Waals surface area (Å²) in [7, 11) is 0. The number of hydrogen-bond acceptors (Lipinski definition) is 6. The maximum Gasteiger partial charge on any atom is 0.219 e. The third kappa shape index (κ3) is 3.75. The van der Waals surface area contributed by atoms with E-state index < -0.39 is 0 Å². The summed E-state index contributed by atoms with van der Waals surface area (Å²) in [6, 6.07) is 0. The number of carbonyl (C=O) groups is 1. The number of piperazine rings is 1. The van der Waals surface area contributed by atoms with Gasteiger partial charge in [-0.15, -0.1) is 11.3 Å². The van der Waals surface area contributed by atoms with Gasteiger partial charge in [0.1, 0.15) is 16.5 Å². The van der Waals surface area contributed by atoms with Gasteiger partial charge in [0, 0.05) is 38.0 Å². The number of hydrogen-bond donors (Lipinski definition) is 0. The van der Waals surface area contributed by atoms with Crippen LogP contribution in [-0.2, 0) is 24.2 Å². The Balaban J connectivity index is 1.46. The monoisotopic (exact) mass is 413 g/mol. The first-order valence-electron chi connectivity index (χ1n) is 11.1. The molecule has 1 amide bonds. The van der Waals surface area contributed by atoms with E-state index in [1.54, 1.807) is 6.92 Å². The van der Waals surface area contributed by atoms with Crippen LogP contribution in [0, 0.1) is 5.92 Å². The average Bonchev–Trinajstić information content (AvgIpc) is 3.30. The highest BCUT2D eigenvalue weighted by Crippen LogP contribution is 2.41. The zero-order chi connectivity index (χ0) is 20.0. The molecule has 0 unspecified atom stereocenters. The van der Waals surface area contributed by atoms with Crippen LogP contribution in [0.1, 0.15) is 49.4 Å². The van der Waals surface area contributed by atoms with Gasteiger partial charge in [0.25, 0.3) is 0 Å².